The Labute approximate surface area is 151 Å². The molecule has 26 heavy (non-hydrogen) atoms. The van der Waals surface area contributed by atoms with E-state index in [1.54, 1.807) is 12.1 Å². The van der Waals surface area contributed by atoms with Gasteiger partial charge in [0.25, 0.3) is 0 Å². The molecule has 0 heterocycles. The minimum absolute atomic E-state index is 0.0253. The van der Waals surface area contributed by atoms with E-state index in [9.17, 15) is 14.0 Å². The number of carboxylic acids is 1. The van der Waals surface area contributed by atoms with Gasteiger partial charge in [0.15, 0.2) is 0 Å². The quantitative estimate of drug-likeness (QED) is 0.634. The monoisotopic (exact) mass is 359 g/mol. The summed E-state index contributed by atoms with van der Waals surface area (Å²) in [6.07, 6.45) is 1.02. The topological polar surface area (TPSA) is 75.6 Å². The highest BCUT2D eigenvalue weighted by molar-refractivity contribution is 5.76. The maximum Gasteiger partial charge on any atom is 0.303 e. The highest BCUT2D eigenvalue weighted by atomic mass is 19.1. The highest BCUT2D eigenvalue weighted by Gasteiger charge is 2.15. The van der Waals surface area contributed by atoms with Crippen molar-refractivity contribution in [3.63, 3.8) is 0 Å². The zero-order valence-corrected chi connectivity index (χ0v) is 14.4. The molecule has 0 fully saturated rings. The second kappa shape index (κ2) is 10.2. The van der Waals surface area contributed by atoms with Crippen molar-refractivity contribution < 1.29 is 23.8 Å². The van der Waals surface area contributed by atoms with E-state index in [-0.39, 0.29) is 30.6 Å². The first-order valence-corrected chi connectivity index (χ1v) is 8.49. The molecule has 2 aromatic rings. The number of nitrogens with one attached hydrogen (secondary N) is 1. The van der Waals surface area contributed by atoms with Crippen LogP contribution in [0, 0.1) is 5.82 Å². The molecule has 0 aliphatic heterocycles. The van der Waals surface area contributed by atoms with Crippen LogP contribution in [0.2, 0.25) is 0 Å². The molecule has 1 atom stereocenters. The first-order valence-electron chi connectivity index (χ1n) is 8.49. The maximum absolute atomic E-state index is 13.1. The Kier molecular flexibility index (Phi) is 7.61. The van der Waals surface area contributed by atoms with E-state index in [0.29, 0.717) is 25.2 Å². The van der Waals surface area contributed by atoms with E-state index >= 15 is 0 Å². The second-order valence-electron chi connectivity index (χ2n) is 5.87. The van der Waals surface area contributed by atoms with Crippen LogP contribution in [0.3, 0.4) is 0 Å². The number of ether oxygens (including phenoxy) is 1. The fourth-order valence-corrected chi connectivity index (χ4v) is 2.52. The molecule has 1 unspecified atom stereocenters. The van der Waals surface area contributed by atoms with Crippen molar-refractivity contribution in [2.24, 2.45) is 0 Å². The van der Waals surface area contributed by atoms with Gasteiger partial charge in [0.1, 0.15) is 11.6 Å². The van der Waals surface area contributed by atoms with Crippen molar-refractivity contribution in [2.45, 2.75) is 31.7 Å². The van der Waals surface area contributed by atoms with Crippen molar-refractivity contribution in [2.75, 3.05) is 6.61 Å². The Morgan fingerprint density at radius 2 is 1.85 bits per heavy atom. The molecule has 138 valence electrons. The first kappa shape index (κ1) is 19.4. The van der Waals surface area contributed by atoms with Gasteiger partial charge in [0.05, 0.1) is 12.6 Å². The number of carbonyl (C=O) groups excluding carboxylic acids is 1. The summed E-state index contributed by atoms with van der Waals surface area (Å²) >= 11 is 0. The lowest BCUT2D eigenvalue weighted by Gasteiger charge is -2.18. The standard InChI is InChI=1S/C20H22FNO4/c21-16-8-4-9-17(14-16)26-13-5-10-19(23)22-18(11-12-20(24)25)15-6-2-1-3-7-15/h1-4,6-9,14,18H,5,10-13H2,(H,22,23)(H,24,25). The van der Waals surface area contributed by atoms with Gasteiger partial charge in [0, 0.05) is 18.9 Å². The average Bonchev–Trinajstić information content (AvgIpc) is 2.63. The van der Waals surface area contributed by atoms with Gasteiger partial charge in [-0.05, 0) is 30.5 Å². The molecule has 5 nitrogen and oxygen atoms in total. The van der Waals surface area contributed by atoms with Gasteiger partial charge in [-0.25, -0.2) is 4.39 Å². The molecule has 0 aliphatic carbocycles. The molecule has 2 N–H and O–H groups in total. The van der Waals surface area contributed by atoms with Crippen LogP contribution in [0.15, 0.2) is 54.6 Å². The SMILES string of the molecule is O=C(O)CCC(NC(=O)CCCOc1cccc(F)c1)c1ccccc1. The number of hydrogen-bond donors (Lipinski definition) is 2. The lowest BCUT2D eigenvalue weighted by atomic mass is 10.0. The molecule has 0 aromatic heterocycles. The predicted molar refractivity (Wildman–Crippen MR) is 95.3 cm³/mol. The smallest absolute Gasteiger partial charge is 0.303 e. The Morgan fingerprint density at radius 3 is 2.54 bits per heavy atom. The lowest BCUT2D eigenvalue weighted by molar-refractivity contribution is -0.137. The van der Waals surface area contributed by atoms with E-state index < -0.39 is 5.97 Å². The zero-order chi connectivity index (χ0) is 18.8. The Balaban J connectivity index is 1.79. The molecule has 6 heteroatoms. The number of amides is 1. The first-order chi connectivity index (χ1) is 12.5. The number of aliphatic carboxylic acids is 1. The number of carboxylic acid groups (broad SMARTS) is 1. The number of hydrogen-bond acceptors (Lipinski definition) is 3. The number of halogens is 1. The van der Waals surface area contributed by atoms with Crippen LogP contribution in [0.5, 0.6) is 5.75 Å². The van der Waals surface area contributed by atoms with Gasteiger partial charge in [-0.3, -0.25) is 9.59 Å². The second-order valence-corrected chi connectivity index (χ2v) is 5.87. The summed E-state index contributed by atoms with van der Waals surface area (Å²) in [5.74, 6) is -1.02. The summed E-state index contributed by atoms with van der Waals surface area (Å²) in [6.45, 7) is 0.294. The fraction of sp³-hybridized carbons (Fsp3) is 0.300. The third-order valence-corrected chi connectivity index (χ3v) is 3.80. The van der Waals surface area contributed by atoms with Crippen LogP contribution in [0.1, 0.15) is 37.3 Å². The molecule has 0 radical (unpaired) electrons. The summed E-state index contributed by atoms with van der Waals surface area (Å²) in [7, 11) is 0. The van der Waals surface area contributed by atoms with Gasteiger partial charge >= 0.3 is 5.97 Å². The van der Waals surface area contributed by atoms with E-state index in [1.807, 2.05) is 30.3 Å². The molecule has 2 aromatic carbocycles. The van der Waals surface area contributed by atoms with Gasteiger partial charge in [0.2, 0.25) is 5.91 Å². The van der Waals surface area contributed by atoms with Crippen LogP contribution >= 0.6 is 0 Å². The normalized spacial score (nSPS) is 11.6. The number of benzene rings is 2. The van der Waals surface area contributed by atoms with Gasteiger partial charge in [-0.2, -0.15) is 0 Å². The molecule has 0 saturated carbocycles. The third-order valence-electron chi connectivity index (χ3n) is 3.80. The van der Waals surface area contributed by atoms with Crippen LogP contribution < -0.4 is 10.1 Å². The molecule has 1 amide bonds. The van der Waals surface area contributed by atoms with Crippen molar-refractivity contribution in [3.8, 4) is 5.75 Å². The predicted octanol–water partition coefficient (Wildman–Crippen LogP) is 3.71. The molecule has 0 bridgehead atoms. The van der Waals surface area contributed by atoms with Crippen molar-refractivity contribution in [1.29, 1.82) is 0 Å². The van der Waals surface area contributed by atoms with E-state index in [1.165, 1.54) is 12.1 Å². The van der Waals surface area contributed by atoms with Gasteiger partial charge in [-0.15, -0.1) is 0 Å². The molecular weight excluding hydrogens is 337 g/mol. The van der Waals surface area contributed by atoms with E-state index in [4.69, 9.17) is 9.84 Å². The van der Waals surface area contributed by atoms with Gasteiger partial charge < -0.3 is 15.2 Å². The van der Waals surface area contributed by atoms with Crippen molar-refractivity contribution in [1.82, 2.24) is 5.32 Å². The Hall–Kier alpha value is -2.89. The van der Waals surface area contributed by atoms with Crippen molar-refractivity contribution in [3.05, 3.63) is 66.0 Å². The summed E-state index contributed by atoms with van der Waals surface area (Å²) in [5, 5.41) is 11.8. The summed E-state index contributed by atoms with van der Waals surface area (Å²) in [6, 6.07) is 14.8. The van der Waals surface area contributed by atoms with E-state index in [2.05, 4.69) is 5.32 Å². The molecule has 0 spiro atoms. The molecule has 0 saturated heterocycles. The van der Waals surface area contributed by atoms with Crippen LogP contribution in [-0.4, -0.2) is 23.6 Å². The van der Waals surface area contributed by atoms with Crippen LogP contribution in [-0.2, 0) is 9.59 Å². The maximum atomic E-state index is 13.1. The summed E-state index contributed by atoms with van der Waals surface area (Å²) in [4.78, 5) is 23.0. The number of rotatable bonds is 10. The Bertz CT molecular complexity index is 721. The highest BCUT2D eigenvalue weighted by Crippen LogP contribution is 2.19. The molecule has 2 rings (SSSR count). The molecule has 0 aliphatic rings. The summed E-state index contributed by atoms with van der Waals surface area (Å²) < 4.78 is 18.5. The third kappa shape index (κ3) is 6.93. The van der Waals surface area contributed by atoms with Crippen molar-refractivity contribution >= 4 is 11.9 Å². The van der Waals surface area contributed by atoms with Crippen LogP contribution in [0.25, 0.3) is 0 Å². The summed E-state index contributed by atoms with van der Waals surface area (Å²) in [5.41, 5.74) is 0.873. The van der Waals surface area contributed by atoms with Gasteiger partial charge in [-0.1, -0.05) is 36.4 Å². The zero-order valence-electron chi connectivity index (χ0n) is 14.4. The minimum atomic E-state index is -0.899. The molecular formula is C20H22FNO4. The lowest BCUT2D eigenvalue weighted by Crippen LogP contribution is -2.29. The largest absolute Gasteiger partial charge is 0.493 e. The Morgan fingerprint density at radius 1 is 1.08 bits per heavy atom. The average molecular weight is 359 g/mol. The number of carbonyl (C=O) groups is 2. The van der Waals surface area contributed by atoms with Crippen LogP contribution in [0.4, 0.5) is 4.39 Å². The van der Waals surface area contributed by atoms with E-state index in [0.717, 1.165) is 5.56 Å². The fourth-order valence-electron chi connectivity index (χ4n) is 2.52. The minimum Gasteiger partial charge on any atom is -0.493 e.